The number of rotatable bonds is 18. The second kappa shape index (κ2) is 20.2. The first-order valence-electron chi connectivity index (χ1n) is 24.3. The van der Waals surface area contributed by atoms with E-state index < -0.39 is 49.2 Å². The average molecular weight is 958 g/mol. The van der Waals surface area contributed by atoms with Gasteiger partial charge in [-0.25, -0.2) is 9.46 Å². The van der Waals surface area contributed by atoms with Crippen LogP contribution in [-0.4, -0.2) is 84.0 Å². The topological polar surface area (TPSA) is 166 Å². The maximum Gasteiger partial charge on any atom is 0.330 e. The van der Waals surface area contributed by atoms with Crippen LogP contribution in [0.4, 0.5) is 0 Å². The van der Waals surface area contributed by atoms with Gasteiger partial charge in [0.05, 0.1) is 46.5 Å². The number of methoxy groups -OCH3 is 2. The summed E-state index contributed by atoms with van der Waals surface area (Å²) in [7, 11) is 1.44. The van der Waals surface area contributed by atoms with Gasteiger partial charge in [0.15, 0.2) is 6.23 Å². The average Bonchev–Trinajstić information content (AvgIpc) is 3.82. The quantitative estimate of drug-likeness (QED) is 0.0430. The molecule has 14 nitrogen and oxygen atoms in total. The molecule has 6 aliphatic rings. The normalized spacial score (nSPS) is 27.0. The van der Waals surface area contributed by atoms with Crippen LogP contribution >= 0.6 is 8.53 Å². The lowest BCUT2D eigenvalue weighted by Gasteiger charge is -2.55. The van der Waals surface area contributed by atoms with Gasteiger partial charge in [-0.2, -0.15) is 5.26 Å². The van der Waals surface area contributed by atoms with Crippen molar-refractivity contribution in [2.24, 2.45) is 23.2 Å². The lowest BCUT2D eigenvalue weighted by Crippen LogP contribution is -2.53. The lowest BCUT2D eigenvalue weighted by atomic mass is 9.49. The zero-order chi connectivity index (χ0) is 48.5. The Labute approximate surface area is 405 Å². The molecule has 4 saturated carbocycles. The highest BCUT2D eigenvalue weighted by Gasteiger charge is 2.66. The van der Waals surface area contributed by atoms with E-state index in [-0.39, 0.29) is 61.6 Å². The Morgan fingerprint density at radius 1 is 0.899 bits per heavy atom. The Kier molecular flexibility index (Phi) is 14.3. The van der Waals surface area contributed by atoms with Crippen molar-refractivity contribution < 1.29 is 32.8 Å². The van der Waals surface area contributed by atoms with E-state index in [0.29, 0.717) is 29.3 Å². The summed E-state index contributed by atoms with van der Waals surface area (Å²) in [6.45, 7) is 8.61. The van der Waals surface area contributed by atoms with Gasteiger partial charge >= 0.3 is 5.69 Å². The maximum atomic E-state index is 14.1. The third kappa shape index (κ3) is 9.40. The molecule has 5 atom stereocenters. The number of nitriles is 1. The lowest BCUT2D eigenvalue weighted by molar-refractivity contribution is -0.180. The van der Waals surface area contributed by atoms with E-state index in [2.05, 4.69) is 97.0 Å². The standard InChI is InChI=1S/C54H64N5O9P/c1-35(2)59(36(3)4)69(66-25-11-23-55)68-47-46-49(58-32-40(48(60)57-51(58)62)12-10-24-56-50(61)52-29-37-26-38(30-52)28-39(27-37)31-52)67-53(47,34-65-46)33-54(41-13-8-7-9-14-41,42-15-19-44(63-5)20-16-42)43-17-21-45(64-6)22-18-43/h7-9,13-22,32,35-39,46-47,49H,11,24-31,33-34H2,1-6H3,(H,56,61)(H,57,60,62)/t37?,38?,39?,46-,47?,49+,52?,53-,69?/m0/s1. The van der Waals surface area contributed by atoms with Crippen molar-refractivity contribution in [3.8, 4) is 29.4 Å². The van der Waals surface area contributed by atoms with Gasteiger partial charge < -0.3 is 33.3 Å². The number of carbonyl (C=O) groups is 1. The molecule has 6 fully saturated rings. The smallest absolute Gasteiger partial charge is 0.330 e. The molecule has 6 bridgehead atoms. The number of hydrogen-bond acceptors (Lipinski definition) is 11. The second-order valence-electron chi connectivity index (χ2n) is 20.2. The summed E-state index contributed by atoms with van der Waals surface area (Å²) in [6, 6.07) is 28.4. The van der Waals surface area contributed by atoms with Crippen LogP contribution in [0.5, 0.6) is 11.5 Å². The third-order valence-corrected chi connectivity index (χ3v) is 17.3. The van der Waals surface area contributed by atoms with Crippen molar-refractivity contribution in [1.29, 1.82) is 5.26 Å². The van der Waals surface area contributed by atoms with Crippen LogP contribution in [-0.2, 0) is 28.7 Å². The van der Waals surface area contributed by atoms with Crippen molar-refractivity contribution in [3.63, 3.8) is 0 Å². The highest BCUT2D eigenvalue weighted by Crippen LogP contribution is 2.61. The second-order valence-corrected chi connectivity index (χ2v) is 21.6. The molecule has 10 rings (SSSR count). The molecular weight excluding hydrogens is 894 g/mol. The molecule has 2 N–H and O–H groups in total. The number of aromatic nitrogens is 2. The third-order valence-electron chi connectivity index (χ3n) is 15.2. The van der Waals surface area contributed by atoms with E-state index in [1.54, 1.807) is 14.2 Å². The first-order valence-corrected chi connectivity index (χ1v) is 25.5. The molecule has 1 aromatic heterocycles. The van der Waals surface area contributed by atoms with Gasteiger partial charge in [-0.3, -0.25) is 19.1 Å². The van der Waals surface area contributed by atoms with Gasteiger partial charge in [0.2, 0.25) is 5.91 Å². The summed E-state index contributed by atoms with van der Waals surface area (Å²) in [5.74, 6) is 9.28. The highest BCUT2D eigenvalue weighted by molar-refractivity contribution is 7.44. The molecule has 2 unspecified atom stereocenters. The van der Waals surface area contributed by atoms with Gasteiger partial charge in [-0.05, 0) is 131 Å². The molecule has 4 aromatic rings. The summed E-state index contributed by atoms with van der Waals surface area (Å²) in [6.07, 6.45) is 5.60. The molecular formula is C54H64N5O9P. The minimum Gasteiger partial charge on any atom is -0.497 e. The van der Waals surface area contributed by atoms with E-state index in [1.807, 2.05) is 42.5 Å². The number of aromatic amines is 1. The Hall–Kier alpha value is -5.31. The van der Waals surface area contributed by atoms with Crippen LogP contribution in [0.25, 0.3) is 0 Å². The fourth-order valence-corrected chi connectivity index (χ4v) is 14.4. The molecule has 364 valence electrons. The predicted octanol–water partition coefficient (Wildman–Crippen LogP) is 7.99. The van der Waals surface area contributed by atoms with Crippen LogP contribution in [0, 0.1) is 46.3 Å². The first kappa shape index (κ1) is 48.7. The fraction of sp³-hybridized carbons (Fsp3) is 0.519. The molecule has 2 saturated heterocycles. The van der Waals surface area contributed by atoms with Crippen molar-refractivity contribution in [2.75, 3.05) is 34.0 Å². The summed E-state index contributed by atoms with van der Waals surface area (Å²) < 4.78 is 42.8. The summed E-state index contributed by atoms with van der Waals surface area (Å²) in [5, 5.41) is 12.7. The maximum absolute atomic E-state index is 14.1. The van der Waals surface area contributed by atoms with E-state index in [4.69, 9.17) is 28.0 Å². The van der Waals surface area contributed by atoms with Crippen LogP contribution in [0.1, 0.15) is 108 Å². The number of H-pyrrole nitrogens is 1. The number of nitrogens with one attached hydrogen (secondary N) is 2. The molecule has 0 spiro atoms. The van der Waals surface area contributed by atoms with Crippen molar-refractivity contribution in [3.05, 3.63) is 128 Å². The molecule has 3 aromatic carbocycles. The molecule has 1 amide bonds. The van der Waals surface area contributed by atoms with E-state index >= 15 is 0 Å². The van der Waals surface area contributed by atoms with Gasteiger partial charge in [-0.1, -0.05) is 66.4 Å². The number of benzene rings is 3. The number of amides is 1. The monoisotopic (exact) mass is 957 g/mol. The van der Waals surface area contributed by atoms with Crippen LogP contribution in [0.15, 0.2) is 94.6 Å². The predicted molar refractivity (Wildman–Crippen MR) is 261 cm³/mol. The summed E-state index contributed by atoms with van der Waals surface area (Å²) >= 11 is 0. The van der Waals surface area contributed by atoms with Gasteiger partial charge in [0, 0.05) is 29.1 Å². The number of ether oxygens (including phenoxy) is 4. The minimum absolute atomic E-state index is 0.00640. The summed E-state index contributed by atoms with van der Waals surface area (Å²) in [4.78, 5) is 43.7. The Bertz CT molecular complexity index is 2600. The zero-order valence-corrected chi connectivity index (χ0v) is 41.3. The molecule has 15 heteroatoms. The molecule has 4 aliphatic carbocycles. The van der Waals surface area contributed by atoms with Crippen LogP contribution in [0.2, 0.25) is 0 Å². The van der Waals surface area contributed by atoms with Crippen molar-refractivity contribution in [2.45, 2.75) is 121 Å². The molecule has 3 heterocycles. The van der Waals surface area contributed by atoms with Crippen molar-refractivity contribution >= 4 is 14.4 Å². The van der Waals surface area contributed by atoms with E-state index in [1.165, 1.54) is 30.0 Å². The Morgan fingerprint density at radius 2 is 1.48 bits per heavy atom. The van der Waals surface area contributed by atoms with Gasteiger partial charge in [0.1, 0.15) is 34.9 Å². The highest BCUT2D eigenvalue weighted by atomic mass is 31.2. The molecule has 69 heavy (non-hydrogen) atoms. The Balaban J connectivity index is 1.12. The number of carbonyl (C=O) groups excluding carboxylic acids is 1. The van der Waals surface area contributed by atoms with Crippen LogP contribution in [0.3, 0.4) is 0 Å². The van der Waals surface area contributed by atoms with Gasteiger partial charge in [0.25, 0.3) is 14.1 Å². The van der Waals surface area contributed by atoms with E-state index in [0.717, 1.165) is 36.0 Å². The minimum atomic E-state index is -1.83. The summed E-state index contributed by atoms with van der Waals surface area (Å²) in [5.41, 5.74) is -0.967. The largest absolute Gasteiger partial charge is 0.497 e. The fourth-order valence-electron chi connectivity index (χ4n) is 12.6. The van der Waals surface area contributed by atoms with Crippen LogP contribution < -0.4 is 26.0 Å². The molecule has 2 aliphatic heterocycles. The zero-order valence-electron chi connectivity index (χ0n) is 40.4. The number of nitrogens with zero attached hydrogens (tertiary/aromatic N) is 3. The van der Waals surface area contributed by atoms with Gasteiger partial charge in [-0.15, -0.1) is 0 Å². The SMILES string of the molecule is COc1ccc(C(C[C@]23CO[C@@H](C2OP(OCCC#N)N(C(C)C)C(C)C)[C@H](n2cc(C#CCNC(=O)C45CC6CC(CC(C6)C4)C5)c(=O)[nH]c2=O)O3)(c2ccccc2)c2ccc(OC)cc2)cc1. The first-order chi connectivity index (χ1) is 33.3. The van der Waals surface area contributed by atoms with Crippen molar-refractivity contribution in [1.82, 2.24) is 19.5 Å². The van der Waals surface area contributed by atoms with E-state index in [9.17, 15) is 19.6 Å². The Morgan fingerprint density at radius 3 is 2.03 bits per heavy atom. The number of hydrogen-bond donors (Lipinski definition) is 2. The number of fused-ring (bicyclic) bond motifs is 2. The molecule has 0 radical (unpaired) electrons.